The van der Waals surface area contributed by atoms with Crippen LogP contribution in [0.1, 0.15) is 19.8 Å². The molecule has 1 saturated heterocycles. The van der Waals surface area contributed by atoms with Crippen molar-refractivity contribution in [2.24, 2.45) is 0 Å². The molecule has 0 aromatic carbocycles. The van der Waals surface area contributed by atoms with Crippen molar-refractivity contribution < 1.29 is 53.4 Å². The van der Waals surface area contributed by atoms with Crippen LogP contribution >= 0.6 is 0 Å². The Hall–Kier alpha value is -2.24. The maximum atomic E-state index is 12.1. The number of carbonyl (C=O) groups excluding carboxylic acids is 4. The topological polar surface area (TPSA) is 166 Å². The van der Waals surface area contributed by atoms with Crippen molar-refractivity contribution in [3.63, 3.8) is 0 Å². The number of aliphatic hydroxyl groups is 3. The zero-order valence-electron chi connectivity index (χ0n) is 12.8. The minimum Gasteiger partial charge on any atom is -0.445 e. The molecular formula is C13H18O11. The lowest BCUT2D eigenvalue weighted by Crippen LogP contribution is -2.53. The summed E-state index contributed by atoms with van der Waals surface area (Å²) >= 11 is 0. The summed E-state index contributed by atoms with van der Waals surface area (Å²) in [4.78, 5) is 47.4. The molecule has 1 rings (SSSR count). The van der Waals surface area contributed by atoms with E-state index in [1.807, 2.05) is 0 Å². The second kappa shape index (κ2) is 8.57. The number of hydrogen-bond acceptors (Lipinski definition) is 11. The van der Waals surface area contributed by atoms with Crippen molar-refractivity contribution in [1.29, 1.82) is 0 Å². The molecule has 0 bridgehead atoms. The fourth-order valence-electron chi connectivity index (χ4n) is 1.66. The normalized spacial score (nSPS) is 27.9. The molecular weight excluding hydrogens is 332 g/mol. The minimum absolute atomic E-state index is 0.158. The van der Waals surface area contributed by atoms with E-state index in [0.29, 0.717) is 6.42 Å². The molecule has 0 aliphatic carbocycles. The highest BCUT2D eigenvalue weighted by molar-refractivity contribution is 5.90. The summed E-state index contributed by atoms with van der Waals surface area (Å²) in [5, 5.41) is 27.6. The smallest absolute Gasteiger partial charge is 0.396 e. The number of rotatable bonds is 6. The van der Waals surface area contributed by atoms with E-state index in [9.17, 15) is 24.3 Å². The largest absolute Gasteiger partial charge is 0.445 e. The average molecular weight is 350 g/mol. The van der Waals surface area contributed by atoms with E-state index < -0.39 is 61.7 Å². The number of esters is 4. The van der Waals surface area contributed by atoms with Crippen LogP contribution in [0.15, 0.2) is 0 Å². The van der Waals surface area contributed by atoms with Crippen molar-refractivity contribution in [3.05, 3.63) is 0 Å². The average Bonchev–Trinajstić information content (AvgIpc) is 2.58. The SMILES string of the molecule is CCCC(=O)OC1(CO)OC(=O)C(CO)OC(=O)C(CO)OC1=O. The van der Waals surface area contributed by atoms with Crippen LogP contribution in [0.4, 0.5) is 0 Å². The first-order valence-corrected chi connectivity index (χ1v) is 7.02. The van der Waals surface area contributed by atoms with Crippen LogP contribution in [0.2, 0.25) is 0 Å². The maximum Gasteiger partial charge on any atom is 0.396 e. The monoisotopic (exact) mass is 350 g/mol. The summed E-state index contributed by atoms with van der Waals surface area (Å²) in [6.07, 6.45) is -3.55. The lowest BCUT2D eigenvalue weighted by atomic mass is 10.2. The molecule has 1 heterocycles. The molecule has 1 aliphatic heterocycles. The quantitative estimate of drug-likeness (QED) is 0.339. The predicted octanol–water partition coefficient (Wildman–Crippen LogP) is -2.62. The van der Waals surface area contributed by atoms with Crippen LogP contribution < -0.4 is 0 Å². The molecule has 0 spiro atoms. The van der Waals surface area contributed by atoms with Crippen molar-refractivity contribution in [2.45, 2.75) is 37.8 Å². The lowest BCUT2D eigenvalue weighted by molar-refractivity contribution is -0.251. The Balaban J connectivity index is 3.23. The molecule has 136 valence electrons. The second-order valence-corrected chi connectivity index (χ2v) is 4.74. The first kappa shape index (κ1) is 19.8. The molecule has 1 aliphatic rings. The number of ether oxygens (including phenoxy) is 4. The van der Waals surface area contributed by atoms with Gasteiger partial charge in [0.05, 0.1) is 13.2 Å². The van der Waals surface area contributed by atoms with Gasteiger partial charge < -0.3 is 34.3 Å². The first-order valence-electron chi connectivity index (χ1n) is 7.02. The number of cyclic esters (lactones) is 3. The van der Waals surface area contributed by atoms with E-state index in [2.05, 4.69) is 14.2 Å². The third kappa shape index (κ3) is 4.40. The Morgan fingerprint density at radius 2 is 1.67 bits per heavy atom. The zero-order chi connectivity index (χ0) is 18.3. The molecule has 0 aromatic heterocycles. The Labute approximate surface area is 136 Å². The Morgan fingerprint density at radius 3 is 2.17 bits per heavy atom. The van der Waals surface area contributed by atoms with Gasteiger partial charge in [-0.2, -0.15) is 0 Å². The molecule has 0 aromatic rings. The molecule has 11 nitrogen and oxygen atoms in total. The number of carbonyl (C=O) groups is 4. The molecule has 3 unspecified atom stereocenters. The highest BCUT2D eigenvalue weighted by Gasteiger charge is 2.52. The Kier molecular flexibility index (Phi) is 7.07. The van der Waals surface area contributed by atoms with Crippen molar-refractivity contribution in [2.75, 3.05) is 19.8 Å². The molecule has 24 heavy (non-hydrogen) atoms. The molecule has 3 N–H and O–H groups in total. The summed E-state index contributed by atoms with van der Waals surface area (Å²) in [5.41, 5.74) is 0. The predicted molar refractivity (Wildman–Crippen MR) is 70.8 cm³/mol. The van der Waals surface area contributed by atoms with Gasteiger partial charge in [-0.3, -0.25) is 4.79 Å². The standard InChI is InChI=1S/C13H18O11/c1-2-3-9(17)23-13(6-16)12(20)22-7(4-14)10(18)21-8(5-15)11(19)24-13/h7-8,14-16H,2-6H2,1H3. The van der Waals surface area contributed by atoms with Crippen molar-refractivity contribution in [3.8, 4) is 0 Å². The van der Waals surface area contributed by atoms with Crippen LogP contribution in [0, 0.1) is 0 Å². The van der Waals surface area contributed by atoms with E-state index in [-0.39, 0.29) is 6.42 Å². The highest BCUT2D eigenvalue weighted by atomic mass is 16.8. The van der Waals surface area contributed by atoms with Gasteiger partial charge in [-0.25, -0.2) is 14.4 Å². The van der Waals surface area contributed by atoms with E-state index in [4.69, 9.17) is 14.9 Å². The van der Waals surface area contributed by atoms with Crippen LogP contribution in [0.3, 0.4) is 0 Å². The molecule has 11 heteroatoms. The van der Waals surface area contributed by atoms with Crippen LogP contribution in [-0.2, 0) is 38.1 Å². The fraction of sp³-hybridized carbons (Fsp3) is 0.692. The zero-order valence-corrected chi connectivity index (χ0v) is 12.8. The Bertz CT molecular complexity index is 500. The second-order valence-electron chi connectivity index (χ2n) is 4.74. The summed E-state index contributed by atoms with van der Waals surface area (Å²) in [6, 6.07) is 0. The van der Waals surface area contributed by atoms with Gasteiger partial charge in [0, 0.05) is 6.42 Å². The number of hydrogen-bond donors (Lipinski definition) is 3. The minimum atomic E-state index is -2.88. The molecule has 0 amide bonds. The fourth-order valence-corrected chi connectivity index (χ4v) is 1.66. The molecule has 3 atom stereocenters. The molecule has 1 fully saturated rings. The number of aliphatic hydroxyl groups excluding tert-OH is 3. The molecule has 0 radical (unpaired) electrons. The van der Waals surface area contributed by atoms with Gasteiger partial charge in [0.15, 0.2) is 0 Å². The third-order valence-electron chi connectivity index (χ3n) is 2.88. The van der Waals surface area contributed by atoms with Gasteiger partial charge in [-0.05, 0) is 6.42 Å². The Morgan fingerprint density at radius 1 is 1.08 bits per heavy atom. The summed E-state index contributed by atoms with van der Waals surface area (Å²) in [5.74, 6) is -8.21. The van der Waals surface area contributed by atoms with Crippen LogP contribution in [0.25, 0.3) is 0 Å². The highest BCUT2D eigenvalue weighted by Crippen LogP contribution is 2.22. The lowest BCUT2D eigenvalue weighted by Gasteiger charge is -2.28. The van der Waals surface area contributed by atoms with Crippen molar-refractivity contribution in [1.82, 2.24) is 0 Å². The van der Waals surface area contributed by atoms with Crippen molar-refractivity contribution >= 4 is 23.9 Å². The van der Waals surface area contributed by atoms with Gasteiger partial charge in [0.2, 0.25) is 12.2 Å². The third-order valence-corrected chi connectivity index (χ3v) is 2.88. The summed E-state index contributed by atoms with van der Waals surface area (Å²) in [6.45, 7) is -1.70. The van der Waals surface area contributed by atoms with Gasteiger partial charge >= 0.3 is 29.7 Å². The van der Waals surface area contributed by atoms with Gasteiger partial charge in [-0.1, -0.05) is 6.92 Å². The van der Waals surface area contributed by atoms with E-state index in [0.717, 1.165) is 0 Å². The van der Waals surface area contributed by atoms with Crippen LogP contribution in [0.5, 0.6) is 0 Å². The van der Waals surface area contributed by atoms with Gasteiger partial charge in [0.1, 0.15) is 6.61 Å². The van der Waals surface area contributed by atoms with E-state index in [1.54, 1.807) is 6.92 Å². The first-order chi connectivity index (χ1) is 11.3. The van der Waals surface area contributed by atoms with Crippen LogP contribution in [-0.4, -0.2) is 77.0 Å². The van der Waals surface area contributed by atoms with E-state index >= 15 is 0 Å². The molecule has 0 saturated carbocycles. The summed E-state index contributed by atoms with van der Waals surface area (Å²) in [7, 11) is 0. The van der Waals surface area contributed by atoms with E-state index in [1.165, 1.54) is 0 Å². The maximum absolute atomic E-state index is 12.1. The van der Waals surface area contributed by atoms with Gasteiger partial charge in [-0.15, -0.1) is 0 Å². The van der Waals surface area contributed by atoms with Gasteiger partial charge in [0.25, 0.3) is 0 Å². The summed E-state index contributed by atoms with van der Waals surface area (Å²) < 4.78 is 18.5.